The molecular weight excluding hydrogens is 154 g/mol. The first-order chi connectivity index (χ1) is 5.65. The third-order valence-corrected chi connectivity index (χ3v) is 1.53. The van der Waals surface area contributed by atoms with E-state index in [4.69, 9.17) is 15.9 Å². The molecule has 0 atom stereocenters. The predicted molar refractivity (Wildman–Crippen MR) is 47.7 cm³/mol. The molecule has 0 aliphatic heterocycles. The van der Waals surface area contributed by atoms with E-state index in [1.165, 1.54) is 6.20 Å². The van der Waals surface area contributed by atoms with Crippen LogP contribution in [0.15, 0.2) is 12.3 Å². The molecule has 0 radical (unpaired) electrons. The fraction of sp³-hybridized carbons (Fsp3) is 0.250. The molecular formula is C8H11N3O. The van der Waals surface area contributed by atoms with Gasteiger partial charge in [-0.3, -0.25) is 0 Å². The van der Waals surface area contributed by atoms with Gasteiger partial charge >= 0.3 is 0 Å². The van der Waals surface area contributed by atoms with E-state index in [-0.39, 0.29) is 0 Å². The Kier molecular flexibility index (Phi) is 2.28. The van der Waals surface area contributed by atoms with Crippen molar-refractivity contribution >= 4 is 11.5 Å². The van der Waals surface area contributed by atoms with Crippen LogP contribution in [-0.2, 0) is 0 Å². The minimum atomic E-state index is 0.364. The van der Waals surface area contributed by atoms with Crippen LogP contribution in [0.25, 0.3) is 0 Å². The zero-order chi connectivity index (χ0) is 9.14. The molecule has 0 unspecified atom stereocenters. The summed E-state index contributed by atoms with van der Waals surface area (Å²) >= 11 is 0. The van der Waals surface area contributed by atoms with Crippen molar-refractivity contribution in [3.05, 3.63) is 17.8 Å². The Labute approximate surface area is 70.9 Å². The molecule has 0 bridgehead atoms. The summed E-state index contributed by atoms with van der Waals surface area (Å²) < 4.78 is 4.95. The van der Waals surface area contributed by atoms with Crippen LogP contribution in [-0.4, -0.2) is 17.8 Å². The highest BCUT2D eigenvalue weighted by atomic mass is 16.5. The molecule has 1 heterocycles. The lowest BCUT2D eigenvalue weighted by Gasteiger charge is -2.04. The van der Waals surface area contributed by atoms with Crippen molar-refractivity contribution in [3.8, 4) is 5.75 Å². The van der Waals surface area contributed by atoms with Gasteiger partial charge in [-0.2, -0.15) is 0 Å². The number of pyridine rings is 1. The lowest BCUT2D eigenvalue weighted by molar-refractivity contribution is 0.413. The molecule has 4 nitrogen and oxygen atoms in total. The number of nitrogens with zero attached hydrogens (tertiary/aromatic N) is 1. The third-order valence-electron chi connectivity index (χ3n) is 1.53. The van der Waals surface area contributed by atoms with Gasteiger partial charge in [0.1, 0.15) is 11.6 Å². The van der Waals surface area contributed by atoms with Gasteiger partial charge in [-0.25, -0.2) is 4.98 Å². The molecule has 0 aromatic carbocycles. The predicted octanol–water partition coefficient (Wildman–Crippen LogP) is 1.06. The molecule has 1 aromatic rings. The highest BCUT2D eigenvalue weighted by Crippen LogP contribution is 2.16. The van der Waals surface area contributed by atoms with Crippen LogP contribution in [0.2, 0.25) is 0 Å². The molecule has 0 aliphatic rings. The zero-order valence-electron chi connectivity index (χ0n) is 7.09. The molecule has 0 aliphatic carbocycles. The Hall–Kier alpha value is -1.58. The Morgan fingerprint density at radius 3 is 2.83 bits per heavy atom. The van der Waals surface area contributed by atoms with Crippen LogP contribution in [0, 0.1) is 5.41 Å². The Balaban J connectivity index is 3.17. The van der Waals surface area contributed by atoms with Crippen LogP contribution in [0.5, 0.6) is 5.75 Å². The smallest absolute Gasteiger partial charge is 0.137 e. The van der Waals surface area contributed by atoms with Gasteiger partial charge < -0.3 is 15.9 Å². The summed E-state index contributed by atoms with van der Waals surface area (Å²) in [6, 6.07) is 1.70. The number of hydrogen-bond acceptors (Lipinski definition) is 4. The molecule has 3 N–H and O–H groups in total. The van der Waals surface area contributed by atoms with E-state index >= 15 is 0 Å². The standard InChI is InChI=1S/C8H11N3O/c1-5(9)7-3-6(12-2)4-11-8(7)10/h3-4,9H,1-2H3,(H2,10,11). The molecule has 0 amide bonds. The lowest BCUT2D eigenvalue weighted by Crippen LogP contribution is -2.02. The largest absolute Gasteiger partial charge is 0.495 e. The summed E-state index contributed by atoms with van der Waals surface area (Å²) in [6.07, 6.45) is 1.53. The number of nitrogens with two attached hydrogens (primary N) is 1. The zero-order valence-corrected chi connectivity index (χ0v) is 7.09. The summed E-state index contributed by atoms with van der Waals surface area (Å²) in [4.78, 5) is 3.88. The summed E-state index contributed by atoms with van der Waals surface area (Å²) in [5.74, 6) is 0.981. The van der Waals surface area contributed by atoms with E-state index in [1.54, 1.807) is 20.1 Å². The first-order valence-corrected chi connectivity index (χ1v) is 3.50. The summed E-state index contributed by atoms with van der Waals surface area (Å²) in [7, 11) is 1.55. The van der Waals surface area contributed by atoms with Gasteiger partial charge in [0.15, 0.2) is 0 Å². The topological polar surface area (TPSA) is 72.0 Å². The molecule has 1 aromatic heterocycles. The van der Waals surface area contributed by atoms with Crippen LogP contribution in [0.4, 0.5) is 5.82 Å². The highest BCUT2D eigenvalue weighted by molar-refractivity contribution is 6.00. The van der Waals surface area contributed by atoms with Crippen LogP contribution >= 0.6 is 0 Å². The minimum absolute atomic E-state index is 0.364. The first-order valence-electron chi connectivity index (χ1n) is 3.50. The maximum absolute atomic E-state index is 7.37. The molecule has 0 saturated carbocycles. The Morgan fingerprint density at radius 2 is 2.33 bits per heavy atom. The second-order valence-electron chi connectivity index (χ2n) is 2.43. The van der Waals surface area contributed by atoms with E-state index < -0.39 is 0 Å². The van der Waals surface area contributed by atoms with E-state index in [1.807, 2.05) is 0 Å². The van der Waals surface area contributed by atoms with Gasteiger partial charge in [-0.15, -0.1) is 0 Å². The van der Waals surface area contributed by atoms with Crippen molar-refractivity contribution in [2.45, 2.75) is 6.92 Å². The van der Waals surface area contributed by atoms with E-state index in [9.17, 15) is 0 Å². The Morgan fingerprint density at radius 1 is 1.67 bits per heavy atom. The molecule has 64 valence electrons. The second kappa shape index (κ2) is 3.21. The molecule has 1 rings (SSSR count). The highest BCUT2D eigenvalue weighted by Gasteiger charge is 2.03. The quantitative estimate of drug-likeness (QED) is 0.643. The number of nitrogens with one attached hydrogen (secondary N) is 1. The number of aromatic nitrogens is 1. The molecule has 0 saturated heterocycles. The van der Waals surface area contributed by atoms with Gasteiger partial charge in [0.25, 0.3) is 0 Å². The fourth-order valence-electron chi connectivity index (χ4n) is 0.868. The van der Waals surface area contributed by atoms with Crippen molar-refractivity contribution in [1.29, 1.82) is 5.41 Å². The fourth-order valence-corrected chi connectivity index (χ4v) is 0.868. The minimum Gasteiger partial charge on any atom is -0.495 e. The van der Waals surface area contributed by atoms with Crippen molar-refractivity contribution in [1.82, 2.24) is 4.98 Å². The molecule has 4 heteroatoms. The summed E-state index contributed by atoms with van der Waals surface area (Å²) in [6.45, 7) is 1.66. The van der Waals surface area contributed by atoms with Crippen molar-refractivity contribution < 1.29 is 4.74 Å². The Bertz CT molecular complexity index is 309. The van der Waals surface area contributed by atoms with Crippen molar-refractivity contribution in [2.75, 3.05) is 12.8 Å². The average Bonchev–Trinajstić information content (AvgIpc) is 2.05. The van der Waals surface area contributed by atoms with Gasteiger partial charge in [-0.05, 0) is 13.0 Å². The van der Waals surface area contributed by atoms with Gasteiger partial charge in [-0.1, -0.05) is 0 Å². The molecule has 0 spiro atoms. The number of ether oxygens (including phenoxy) is 1. The van der Waals surface area contributed by atoms with Gasteiger partial charge in [0, 0.05) is 11.3 Å². The summed E-state index contributed by atoms with van der Waals surface area (Å²) in [5.41, 5.74) is 6.55. The van der Waals surface area contributed by atoms with E-state index in [2.05, 4.69) is 4.98 Å². The monoisotopic (exact) mass is 165 g/mol. The van der Waals surface area contributed by atoms with Gasteiger partial charge in [0.05, 0.1) is 13.3 Å². The van der Waals surface area contributed by atoms with Crippen LogP contribution < -0.4 is 10.5 Å². The average molecular weight is 165 g/mol. The third kappa shape index (κ3) is 1.53. The normalized spacial score (nSPS) is 9.50. The maximum Gasteiger partial charge on any atom is 0.137 e. The molecule has 0 fully saturated rings. The van der Waals surface area contributed by atoms with Crippen LogP contribution in [0.3, 0.4) is 0 Å². The number of hydrogen-bond donors (Lipinski definition) is 2. The van der Waals surface area contributed by atoms with Gasteiger partial charge in [0.2, 0.25) is 0 Å². The number of nitrogen functional groups attached to an aromatic ring is 1. The van der Waals surface area contributed by atoms with Crippen molar-refractivity contribution in [2.24, 2.45) is 0 Å². The summed E-state index contributed by atoms with van der Waals surface area (Å²) in [5, 5.41) is 7.37. The number of methoxy groups -OCH3 is 1. The van der Waals surface area contributed by atoms with Crippen molar-refractivity contribution in [3.63, 3.8) is 0 Å². The maximum atomic E-state index is 7.37. The SMILES string of the molecule is COc1cnc(N)c(C(C)=N)c1. The van der Waals surface area contributed by atoms with Crippen LogP contribution in [0.1, 0.15) is 12.5 Å². The van der Waals surface area contributed by atoms with E-state index in [0.717, 1.165) is 0 Å². The lowest BCUT2D eigenvalue weighted by atomic mass is 10.2. The first kappa shape index (κ1) is 8.52. The molecule has 12 heavy (non-hydrogen) atoms. The second-order valence-corrected chi connectivity index (χ2v) is 2.43. The number of rotatable bonds is 2. The number of anilines is 1. The van der Waals surface area contributed by atoms with E-state index in [0.29, 0.717) is 22.8 Å².